The summed E-state index contributed by atoms with van der Waals surface area (Å²) in [6.45, 7) is 7.95. The zero-order valence-corrected chi connectivity index (χ0v) is 20.4. The lowest BCUT2D eigenvalue weighted by Crippen LogP contribution is -2.63. The number of carbonyl (C=O) groups is 2. The van der Waals surface area contributed by atoms with Gasteiger partial charge in [0.2, 0.25) is 5.91 Å². The number of ether oxygens (including phenoxy) is 1. The van der Waals surface area contributed by atoms with E-state index >= 15 is 0 Å². The van der Waals surface area contributed by atoms with Crippen LogP contribution in [-0.4, -0.2) is 73.2 Å². The smallest absolute Gasteiger partial charge is 0.407 e. The van der Waals surface area contributed by atoms with Crippen molar-refractivity contribution in [2.24, 2.45) is 0 Å². The van der Waals surface area contributed by atoms with Crippen LogP contribution in [0.3, 0.4) is 0 Å². The summed E-state index contributed by atoms with van der Waals surface area (Å²) in [6, 6.07) is 6.50. The molecule has 0 spiro atoms. The molecule has 1 heterocycles. The second-order valence-electron chi connectivity index (χ2n) is 9.51. The largest absolute Gasteiger partial charge is 0.450 e. The van der Waals surface area contributed by atoms with Crippen molar-refractivity contribution >= 4 is 17.7 Å². The maximum absolute atomic E-state index is 13.6. The first-order chi connectivity index (χ1) is 15.3. The van der Waals surface area contributed by atoms with Gasteiger partial charge in [-0.3, -0.25) is 14.6 Å². The number of anilines is 1. The van der Waals surface area contributed by atoms with Crippen molar-refractivity contribution in [2.75, 3.05) is 39.1 Å². The maximum atomic E-state index is 13.6. The zero-order chi connectivity index (χ0) is 23.3. The maximum Gasteiger partial charge on any atom is 0.407 e. The van der Waals surface area contributed by atoms with Gasteiger partial charge in [-0.05, 0) is 71.7 Å². The van der Waals surface area contributed by atoms with Gasteiger partial charge in [0.15, 0.2) is 0 Å². The number of para-hydroxylation sites is 1. The lowest BCUT2D eigenvalue weighted by Gasteiger charge is -2.49. The summed E-state index contributed by atoms with van der Waals surface area (Å²) in [5.74, 6) is 0.0735. The molecule has 2 fully saturated rings. The lowest BCUT2D eigenvalue weighted by atomic mass is 9.82. The van der Waals surface area contributed by atoms with E-state index in [0.717, 1.165) is 62.0 Å². The van der Waals surface area contributed by atoms with Gasteiger partial charge in [-0.15, -0.1) is 0 Å². The molecule has 1 saturated carbocycles. The number of likely N-dealkylation sites (tertiary alicyclic amines) is 1. The number of aryl methyl sites for hydroxylation is 2. The van der Waals surface area contributed by atoms with Crippen LogP contribution in [0.2, 0.25) is 0 Å². The van der Waals surface area contributed by atoms with Crippen molar-refractivity contribution in [2.45, 2.75) is 76.9 Å². The highest BCUT2D eigenvalue weighted by molar-refractivity contribution is 5.99. The number of piperidine rings is 1. The van der Waals surface area contributed by atoms with Crippen LogP contribution in [0.1, 0.15) is 56.6 Å². The van der Waals surface area contributed by atoms with Crippen molar-refractivity contribution in [3.05, 3.63) is 29.3 Å². The third-order valence-electron chi connectivity index (χ3n) is 7.40. The monoisotopic (exact) mass is 444 g/mol. The molecule has 1 aliphatic carbocycles. The molecule has 32 heavy (non-hydrogen) atoms. The minimum atomic E-state index is -0.538. The number of hydrogen-bond acceptors (Lipinski definition) is 5. The Morgan fingerprint density at radius 2 is 1.75 bits per heavy atom. The van der Waals surface area contributed by atoms with Crippen molar-refractivity contribution in [1.29, 1.82) is 0 Å². The van der Waals surface area contributed by atoms with Crippen molar-refractivity contribution < 1.29 is 14.3 Å². The molecule has 7 nitrogen and oxygen atoms in total. The first-order valence-corrected chi connectivity index (χ1v) is 12.0. The molecule has 2 aliphatic rings. The highest BCUT2D eigenvalue weighted by Crippen LogP contribution is 2.33. The van der Waals surface area contributed by atoms with Crippen molar-refractivity contribution in [3.8, 4) is 0 Å². The molecule has 2 N–H and O–H groups in total. The van der Waals surface area contributed by atoms with Gasteiger partial charge < -0.3 is 15.4 Å². The molecule has 0 radical (unpaired) electrons. The molecule has 7 heteroatoms. The van der Waals surface area contributed by atoms with Crippen LogP contribution in [0.25, 0.3) is 0 Å². The quantitative estimate of drug-likeness (QED) is 0.700. The molecule has 3 rings (SSSR count). The van der Waals surface area contributed by atoms with E-state index in [1.54, 1.807) is 0 Å². The van der Waals surface area contributed by atoms with Gasteiger partial charge in [-0.2, -0.15) is 0 Å². The van der Waals surface area contributed by atoms with Gasteiger partial charge in [0.25, 0.3) is 0 Å². The normalized spacial score (nSPS) is 23.6. The molecule has 1 aliphatic heterocycles. The minimum absolute atomic E-state index is 0.0735. The number of rotatable bonds is 6. The summed E-state index contributed by atoms with van der Waals surface area (Å²) in [6.07, 6.45) is 5.55. The third-order valence-corrected chi connectivity index (χ3v) is 7.40. The van der Waals surface area contributed by atoms with Crippen LogP contribution in [0, 0.1) is 13.8 Å². The van der Waals surface area contributed by atoms with E-state index in [9.17, 15) is 9.59 Å². The lowest BCUT2D eigenvalue weighted by molar-refractivity contribution is -0.130. The number of nitrogens with zero attached hydrogens (tertiary/aromatic N) is 2. The average Bonchev–Trinajstić information content (AvgIpc) is 2.77. The molecule has 178 valence electrons. The van der Waals surface area contributed by atoms with Crippen LogP contribution in [-0.2, 0) is 9.53 Å². The topological polar surface area (TPSA) is 73.9 Å². The highest BCUT2D eigenvalue weighted by atomic mass is 16.5. The van der Waals surface area contributed by atoms with E-state index in [-0.39, 0.29) is 18.0 Å². The summed E-state index contributed by atoms with van der Waals surface area (Å²) >= 11 is 0. The fraction of sp³-hybridized carbons (Fsp3) is 0.680. The Bertz CT molecular complexity index is 782. The second kappa shape index (κ2) is 10.7. The molecule has 2 atom stereocenters. The molecule has 0 bridgehead atoms. The van der Waals surface area contributed by atoms with Gasteiger partial charge in [0, 0.05) is 30.9 Å². The highest BCUT2D eigenvalue weighted by Gasteiger charge is 2.45. The Morgan fingerprint density at radius 1 is 1.12 bits per heavy atom. The van der Waals surface area contributed by atoms with E-state index < -0.39 is 5.54 Å². The van der Waals surface area contributed by atoms with Crippen LogP contribution in [0.15, 0.2) is 18.2 Å². The van der Waals surface area contributed by atoms with E-state index in [1.807, 2.05) is 53.1 Å². The van der Waals surface area contributed by atoms with Crippen molar-refractivity contribution in [1.82, 2.24) is 15.1 Å². The number of hydrogen-bond donors (Lipinski definition) is 2. The van der Waals surface area contributed by atoms with Gasteiger partial charge in [-0.1, -0.05) is 31.0 Å². The Kier molecular flexibility index (Phi) is 8.17. The van der Waals surface area contributed by atoms with Gasteiger partial charge in [0.05, 0.1) is 6.61 Å². The van der Waals surface area contributed by atoms with E-state index in [0.29, 0.717) is 12.6 Å². The Balaban J connectivity index is 1.69. The van der Waals surface area contributed by atoms with E-state index in [1.165, 1.54) is 6.42 Å². The van der Waals surface area contributed by atoms with Gasteiger partial charge in [0.1, 0.15) is 5.54 Å². The Hall–Kier alpha value is -2.12. The predicted molar refractivity (Wildman–Crippen MR) is 128 cm³/mol. The summed E-state index contributed by atoms with van der Waals surface area (Å²) in [5.41, 5.74) is 2.55. The fourth-order valence-electron chi connectivity index (χ4n) is 5.39. The van der Waals surface area contributed by atoms with Crippen LogP contribution >= 0.6 is 0 Å². The molecule has 1 saturated heterocycles. The molecule has 1 aromatic rings. The molecule has 0 aromatic heterocycles. The fourth-order valence-corrected chi connectivity index (χ4v) is 5.39. The first-order valence-electron chi connectivity index (χ1n) is 12.0. The van der Waals surface area contributed by atoms with Gasteiger partial charge in [-0.25, -0.2) is 4.79 Å². The Labute approximate surface area is 192 Å². The second-order valence-corrected chi connectivity index (χ2v) is 9.51. The average molecular weight is 445 g/mol. The number of alkyl carbamates (subject to hydrolysis) is 1. The molecule has 2 unspecified atom stereocenters. The first kappa shape index (κ1) is 24.5. The van der Waals surface area contributed by atoms with Crippen LogP contribution in [0.5, 0.6) is 0 Å². The van der Waals surface area contributed by atoms with Crippen LogP contribution in [0.4, 0.5) is 10.5 Å². The van der Waals surface area contributed by atoms with Crippen LogP contribution < -0.4 is 10.6 Å². The molecular formula is C25H40N4O3. The molecule has 2 amide bonds. The summed E-state index contributed by atoms with van der Waals surface area (Å²) < 4.78 is 5.12. The number of likely N-dealkylation sites (N-methyl/N-ethyl adjacent to an activating group) is 1. The number of nitrogens with one attached hydrogen (secondary N) is 2. The SMILES string of the molecule is CCOC(=O)NC1CCCCC1N1CCC(C(=O)Nc2c(C)cccc2C)(N(C)C)CC1. The third kappa shape index (κ3) is 5.26. The summed E-state index contributed by atoms with van der Waals surface area (Å²) in [7, 11) is 4.01. The van der Waals surface area contributed by atoms with E-state index in [4.69, 9.17) is 4.74 Å². The summed E-state index contributed by atoms with van der Waals surface area (Å²) in [5, 5.41) is 6.33. The van der Waals surface area contributed by atoms with E-state index in [2.05, 4.69) is 20.4 Å². The Morgan fingerprint density at radius 3 is 2.34 bits per heavy atom. The van der Waals surface area contributed by atoms with Crippen molar-refractivity contribution in [3.63, 3.8) is 0 Å². The summed E-state index contributed by atoms with van der Waals surface area (Å²) in [4.78, 5) is 30.2. The standard InChI is InChI=1S/C25H40N4O3/c1-6-32-24(31)26-20-12-7-8-13-21(20)29-16-14-25(15-17-29,28(4)5)23(30)27-22-18(2)10-9-11-19(22)3/h9-11,20-21H,6-8,12-17H2,1-5H3,(H,26,31)(H,27,30). The predicted octanol–water partition coefficient (Wildman–Crippen LogP) is 3.70. The number of carbonyl (C=O) groups excluding carboxylic acids is 2. The van der Waals surface area contributed by atoms with Gasteiger partial charge >= 0.3 is 6.09 Å². The molecule has 1 aromatic carbocycles. The molecular weight excluding hydrogens is 404 g/mol. The number of benzene rings is 1. The zero-order valence-electron chi connectivity index (χ0n) is 20.4. The minimum Gasteiger partial charge on any atom is -0.450 e. The number of amides is 2.